The smallest absolute Gasteiger partial charge is 0.338 e. The maximum atomic E-state index is 12.7. The van der Waals surface area contributed by atoms with Crippen LogP contribution in [0.5, 0.6) is 5.75 Å². The second-order valence-corrected chi connectivity index (χ2v) is 7.90. The third kappa shape index (κ3) is 4.96. The maximum Gasteiger partial charge on any atom is 0.338 e. The Kier molecular flexibility index (Phi) is 6.35. The van der Waals surface area contributed by atoms with Crippen LogP contribution in [0, 0.1) is 11.3 Å². The highest BCUT2D eigenvalue weighted by molar-refractivity contribution is 7.92. The quantitative estimate of drug-likeness (QED) is 0.582. The van der Waals surface area contributed by atoms with Crippen LogP contribution in [0.3, 0.4) is 0 Å². The highest BCUT2D eigenvalue weighted by Gasteiger charge is 2.18. The predicted octanol–water partition coefficient (Wildman–Crippen LogP) is 3.72. The van der Waals surface area contributed by atoms with E-state index in [9.17, 15) is 13.2 Å². The van der Waals surface area contributed by atoms with Crippen LogP contribution in [0.1, 0.15) is 21.5 Å². The number of methoxy groups -OCH3 is 1. The number of ether oxygens (including phenoxy) is 2. The normalized spacial score (nSPS) is 10.7. The number of para-hydroxylation sites is 2. The van der Waals surface area contributed by atoms with E-state index in [0.717, 1.165) is 0 Å². The molecule has 0 aliphatic rings. The molecule has 7 nitrogen and oxygen atoms in total. The third-order valence-electron chi connectivity index (χ3n) is 4.16. The van der Waals surface area contributed by atoms with Gasteiger partial charge < -0.3 is 9.47 Å². The fourth-order valence-corrected chi connectivity index (χ4v) is 3.80. The Morgan fingerprint density at radius 2 is 1.80 bits per heavy atom. The van der Waals surface area contributed by atoms with Crippen molar-refractivity contribution in [2.45, 2.75) is 11.5 Å². The largest absolute Gasteiger partial charge is 0.495 e. The fourth-order valence-electron chi connectivity index (χ4n) is 2.69. The van der Waals surface area contributed by atoms with Gasteiger partial charge in [0, 0.05) is 0 Å². The summed E-state index contributed by atoms with van der Waals surface area (Å²) in [6.07, 6.45) is 0. The van der Waals surface area contributed by atoms with Crippen molar-refractivity contribution < 1.29 is 22.7 Å². The van der Waals surface area contributed by atoms with E-state index in [-0.39, 0.29) is 22.8 Å². The van der Waals surface area contributed by atoms with Gasteiger partial charge in [0.05, 0.1) is 34.9 Å². The SMILES string of the molecule is COc1ccccc1NS(=O)(=O)c1cccc(C(=O)OCc2cccc(C#N)c2)c1. The molecule has 0 bridgehead atoms. The number of carbonyl (C=O) groups excluding carboxylic acids is 1. The number of carbonyl (C=O) groups is 1. The van der Waals surface area contributed by atoms with Gasteiger partial charge in [-0.25, -0.2) is 13.2 Å². The molecule has 0 saturated heterocycles. The van der Waals surface area contributed by atoms with E-state index in [2.05, 4.69) is 4.72 Å². The Hall–Kier alpha value is -3.83. The number of nitriles is 1. The van der Waals surface area contributed by atoms with E-state index in [0.29, 0.717) is 16.9 Å². The van der Waals surface area contributed by atoms with Crippen molar-refractivity contribution in [2.75, 3.05) is 11.8 Å². The summed E-state index contributed by atoms with van der Waals surface area (Å²) in [5, 5.41) is 8.93. The summed E-state index contributed by atoms with van der Waals surface area (Å²) < 4.78 is 38.4. The number of hydrogen-bond donors (Lipinski definition) is 1. The van der Waals surface area contributed by atoms with E-state index in [4.69, 9.17) is 14.7 Å². The molecular formula is C22H18N2O5S. The molecule has 30 heavy (non-hydrogen) atoms. The molecule has 1 N–H and O–H groups in total. The number of nitrogens with zero attached hydrogens (tertiary/aromatic N) is 1. The van der Waals surface area contributed by atoms with Crippen molar-refractivity contribution in [3.63, 3.8) is 0 Å². The van der Waals surface area contributed by atoms with Gasteiger partial charge in [-0.1, -0.05) is 30.3 Å². The average molecular weight is 422 g/mol. The molecule has 8 heteroatoms. The van der Waals surface area contributed by atoms with Gasteiger partial charge in [-0.2, -0.15) is 5.26 Å². The third-order valence-corrected chi connectivity index (χ3v) is 5.52. The minimum absolute atomic E-state index is 0.0369. The maximum absolute atomic E-state index is 12.7. The van der Waals surface area contributed by atoms with Crippen LogP contribution in [-0.2, 0) is 21.4 Å². The van der Waals surface area contributed by atoms with E-state index in [1.165, 1.54) is 31.4 Å². The summed E-state index contributed by atoms with van der Waals surface area (Å²) in [5.41, 5.74) is 1.49. The lowest BCUT2D eigenvalue weighted by atomic mass is 10.1. The van der Waals surface area contributed by atoms with Crippen LogP contribution >= 0.6 is 0 Å². The number of rotatable bonds is 7. The molecule has 0 aliphatic carbocycles. The molecule has 0 spiro atoms. The molecule has 0 radical (unpaired) electrons. The van der Waals surface area contributed by atoms with Crippen LogP contribution in [0.2, 0.25) is 0 Å². The standard InChI is InChI=1S/C22H18N2O5S/c1-28-21-11-3-2-10-20(21)24-30(26,27)19-9-5-8-18(13-19)22(25)29-15-17-7-4-6-16(12-17)14-23/h2-13,24H,15H2,1H3. The van der Waals surface area contributed by atoms with E-state index in [1.807, 2.05) is 6.07 Å². The van der Waals surface area contributed by atoms with Crippen LogP contribution in [-0.4, -0.2) is 21.5 Å². The fraction of sp³-hybridized carbons (Fsp3) is 0.0909. The van der Waals surface area contributed by atoms with Gasteiger partial charge in [-0.15, -0.1) is 0 Å². The Morgan fingerprint density at radius 1 is 1.03 bits per heavy atom. The molecule has 0 atom stereocenters. The van der Waals surface area contributed by atoms with Gasteiger partial charge in [0.2, 0.25) is 0 Å². The molecule has 3 aromatic rings. The van der Waals surface area contributed by atoms with Crippen LogP contribution in [0.4, 0.5) is 5.69 Å². The second kappa shape index (κ2) is 9.11. The van der Waals surface area contributed by atoms with E-state index >= 15 is 0 Å². The lowest BCUT2D eigenvalue weighted by Crippen LogP contribution is -2.14. The molecule has 3 rings (SSSR count). The number of hydrogen-bond acceptors (Lipinski definition) is 6. The Morgan fingerprint density at radius 3 is 2.57 bits per heavy atom. The molecule has 0 unspecified atom stereocenters. The first-order valence-corrected chi connectivity index (χ1v) is 10.3. The Labute approximate surface area is 174 Å². The van der Waals surface area contributed by atoms with Gasteiger partial charge in [-0.3, -0.25) is 4.72 Å². The van der Waals surface area contributed by atoms with Crippen molar-refractivity contribution >= 4 is 21.7 Å². The summed E-state index contributed by atoms with van der Waals surface area (Å²) in [6.45, 7) is -0.0369. The lowest BCUT2D eigenvalue weighted by molar-refractivity contribution is 0.0472. The van der Waals surface area contributed by atoms with Gasteiger partial charge >= 0.3 is 5.97 Å². The molecule has 3 aromatic carbocycles. The average Bonchev–Trinajstić information content (AvgIpc) is 2.78. The number of esters is 1. The Bertz CT molecular complexity index is 1220. The first kappa shape index (κ1) is 20.9. The Balaban J connectivity index is 1.76. The number of benzene rings is 3. The van der Waals surface area contributed by atoms with Crippen LogP contribution in [0.25, 0.3) is 0 Å². The monoisotopic (exact) mass is 422 g/mol. The number of nitrogens with one attached hydrogen (secondary N) is 1. The van der Waals surface area contributed by atoms with Gasteiger partial charge in [0.1, 0.15) is 12.4 Å². The van der Waals surface area contributed by atoms with Crippen LogP contribution in [0.15, 0.2) is 77.7 Å². The summed E-state index contributed by atoms with van der Waals surface area (Å²) in [7, 11) is -2.51. The van der Waals surface area contributed by atoms with E-state index < -0.39 is 16.0 Å². The molecule has 152 valence electrons. The van der Waals surface area contributed by atoms with Crippen molar-refractivity contribution in [3.8, 4) is 11.8 Å². The summed E-state index contributed by atoms with van der Waals surface area (Å²) in [4.78, 5) is 12.3. The zero-order valence-corrected chi connectivity index (χ0v) is 16.8. The predicted molar refractivity (Wildman–Crippen MR) is 111 cm³/mol. The molecule has 0 saturated carbocycles. The molecule has 0 aliphatic heterocycles. The summed E-state index contributed by atoms with van der Waals surface area (Å²) in [6, 6.07) is 20.9. The van der Waals surface area contributed by atoms with Crippen molar-refractivity contribution in [3.05, 3.63) is 89.5 Å². The zero-order chi connectivity index (χ0) is 21.6. The van der Waals surface area contributed by atoms with Crippen molar-refractivity contribution in [1.82, 2.24) is 0 Å². The van der Waals surface area contributed by atoms with Crippen molar-refractivity contribution in [1.29, 1.82) is 5.26 Å². The van der Waals surface area contributed by atoms with Gasteiger partial charge in [0.25, 0.3) is 10.0 Å². The highest BCUT2D eigenvalue weighted by Crippen LogP contribution is 2.26. The summed E-state index contributed by atoms with van der Waals surface area (Å²) in [5.74, 6) is -0.303. The topological polar surface area (TPSA) is 105 Å². The molecular weight excluding hydrogens is 404 g/mol. The van der Waals surface area contributed by atoms with E-state index in [1.54, 1.807) is 48.5 Å². The first-order chi connectivity index (χ1) is 14.4. The number of sulfonamides is 1. The second-order valence-electron chi connectivity index (χ2n) is 6.22. The lowest BCUT2D eigenvalue weighted by Gasteiger charge is -2.12. The number of anilines is 1. The van der Waals surface area contributed by atoms with Crippen molar-refractivity contribution in [2.24, 2.45) is 0 Å². The molecule has 0 amide bonds. The minimum Gasteiger partial charge on any atom is -0.495 e. The summed E-state index contributed by atoms with van der Waals surface area (Å²) >= 11 is 0. The minimum atomic E-state index is -3.95. The zero-order valence-electron chi connectivity index (χ0n) is 16.0. The molecule has 0 heterocycles. The highest BCUT2D eigenvalue weighted by atomic mass is 32.2. The first-order valence-electron chi connectivity index (χ1n) is 8.85. The van der Waals surface area contributed by atoms with Gasteiger partial charge in [0.15, 0.2) is 0 Å². The molecule has 0 aromatic heterocycles. The van der Waals surface area contributed by atoms with Gasteiger partial charge in [-0.05, 0) is 48.0 Å². The molecule has 0 fully saturated rings. The van der Waals surface area contributed by atoms with Crippen LogP contribution < -0.4 is 9.46 Å².